The van der Waals surface area contributed by atoms with Crippen LogP contribution in [0.15, 0.2) is 48.8 Å². The van der Waals surface area contributed by atoms with Crippen molar-refractivity contribution in [3.8, 4) is 22.5 Å². The Balaban J connectivity index is 1.79. The molecular weight excluding hydrogens is 324 g/mol. The zero-order valence-corrected chi connectivity index (χ0v) is 14.8. The van der Waals surface area contributed by atoms with Crippen LogP contribution in [-0.2, 0) is 0 Å². The van der Waals surface area contributed by atoms with Gasteiger partial charge in [0.25, 0.3) is 0 Å². The summed E-state index contributed by atoms with van der Waals surface area (Å²) in [5.74, 6) is 1.47. The van der Waals surface area contributed by atoms with Gasteiger partial charge in [-0.2, -0.15) is 0 Å². The highest BCUT2D eigenvalue weighted by atomic mass is 15.2. The van der Waals surface area contributed by atoms with Crippen molar-refractivity contribution in [3.63, 3.8) is 0 Å². The van der Waals surface area contributed by atoms with E-state index in [0.717, 1.165) is 60.1 Å². The van der Waals surface area contributed by atoms with E-state index in [1.165, 1.54) is 0 Å². The van der Waals surface area contributed by atoms with Gasteiger partial charge in [0.05, 0.1) is 11.4 Å². The molecule has 3 N–H and O–H groups in total. The predicted octanol–water partition coefficient (Wildman–Crippen LogP) is 2.51. The van der Waals surface area contributed by atoms with Gasteiger partial charge in [-0.15, -0.1) is 0 Å². The third-order valence-corrected chi connectivity index (χ3v) is 4.57. The van der Waals surface area contributed by atoms with Crippen LogP contribution in [0.3, 0.4) is 0 Å². The topological polar surface area (TPSA) is 80.0 Å². The van der Waals surface area contributed by atoms with Gasteiger partial charge in [-0.05, 0) is 48.9 Å². The molecule has 3 aromatic heterocycles. The summed E-state index contributed by atoms with van der Waals surface area (Å²) in [4.78, 5) is 16.0. The first-order valence-corrected chi connectivity index (χ1v) is 8.82. The number of rotatable bonds is 3. The lowest BCUT2D eigenvalue weighted by Crippen LogP contribution is -2.43. The van der Waals surface area contributed by atoms with Gasteiger partial charge in [-0.3, -0.25) is 4.98 Å². The first-order chi connectivity index (χ1) is 12.7. The molecule has 0 saturated carbocycles. The highest BCUT2D eigenvalue weighted by Crippen LogP contribution is 2.32. The Labute approximate surface area is 153 Å². The molecule has 1 saturated heterocycles. The number of nitrogens with one attached hydrogen (secondary N) is 1. The molecule has 0 bridgehead atoms. The third kappa shape index (κ3) is 3.36. The predicted molar refractivity (Wildman–Crippen MR) is 105 cm³/mol. The molecule has 0 radical (unpaired) electrons. The molecule has 0 amide bonds. The molecule has 4 rings (SSSR count). The molecule has 4 heterocycles. The highest BCUT2D eigenvalue weighted by Gasteiger charge is 2.15. The lowest BCUT2D eigenvalue weighted by atomic mass is 10.0. The fraction of sp³-hybridized carbons (Fsp3) is 0.250. The van der Waals surface area contributed by atoms with E-state index in [-0.39, 0.29) is 0 Å². The summed E-state index contributed by atoms with van der Waals surface area (Å²) in [6.07, 6.45) is 3.66. The standard InChI is InChI=1S/C20H22N6/c1-14-4-6-23-17(12-14)16-2-3-18(21)25-20(16)15-5-7-24-19(13-15)26-10-8-22-9-11-26/h2-7,12-13,22H,8-11H2,1H3,(H2,21,25). The minimum Gasteiger partial charge on any atom is -0.384 e. The molecule has 0 atom stereocenters. The molecule has 6 nitrogen and oxygen atoms in total. The molecule has 3 aromatic rings. The Kier molecular flexibility index (Phi) is 4.50. The number of hydrogen-bond acceptors (Lipinski definition) is 6. The maximum Gasteiger partial charge on any atom is 0.129 e. The van der Waals surface area contributed by atoms with Crippen molar-refractivity contribution in [3.05, 3.63) is 54.4 Å². The number of piperazine rings is 1. The van der Waals surface area contributed by atoms with Crippen LogP contribution in [0.2, 0.25) is 0 Å². The SMILES string of the molecule is Cc1ccnc(-c2ccc(N)nc2-c2ccnc(N3CCNCC3)c2)c1. The fourth-order valence-corrected chi connectivity index (χ4v) is 3.22. The molecule has 26 heavy (non-hydrogen) atoms. The monoisotopic (exact) mass is 346 g/mol. The molecule has 132 valence electrons. The molecule has 0 spiro atoms. The van der Waals surface area contributed by atoms with Gasteiger partial charge >= 0.3 is 0 Å². The van der Waals surface area contributed by atoms with E-state index in [1.807, 2.05) is 36.7 Å². The molecule has 1 aliphatic rings. The second-order valence-electron chi connectivity index (χ2n) is 6.49. The first kappa shape index (κ1) is 16.5. The smallest absolute Gasteiger partial charge is 0.129 e. The van der Waals surface area contributed by atoms with Crippen LogP contribution < -0.4 is 16.0 Å². The number of nitrogens with zero attached hydrogens (tertiary/aromatic N) is 4. The summed E-state index contributed by atoms with van der Waals surface area (Å²) < 4.78 is 0. The number of anilines is 2. The van der Waals surface area contributed by atoms with Gasteiger partial charge in [0.15, 0.2) is 0 Å². The third-order valence-electron chi connectivity index (χ3n) is 4.57. The first-order valence-electron chi connectivity index (χ1n) is 8.82. The van der Waals surface area contributed by atoms with Gasteiger partial charge < -0.3 is 16.0 Å². The quantitative estimate of drug-likeness (QED) is 0.758. The molecule has 0 aliphatic carbocycles. The summed E-state index contributed by atoms with van der Waals surface area (Å²) in [7, 11) is 0. The Morgan fingerprint density at radius 2 is 1.81 bits per heavy atom. The van der Waals surface area contributed by atoms with Crippen LogP contribution in [0.4, 0.5) is 11.6 Å². The summed E-state index contributed by atoms with van der Waals surface area (Å²) in [6, 6.07) is 11.9. The van der Waals surface area contributed by atoms with E-state index in [4.69, 9.17) is 5.73 Å². The Hall–Kier alpha value is -2.99. The minimum absolute atomic E-state index is 0.497. The Morgan fingerprint density at radius 1 is 1.00 bits per heavy atom. The van der Waals surface area contributed by atoms with Crippen LogP contribution in [0.25, 0.3) is 22.5 Å². The van der Waals surface area contributed by atoms with Crippen LogP contribution >= 0.6 is 0 Å². The number of nitrogens with two attached hydrogens (primary N) is 1. The molecule has 0 aromatic carbocycles. The number of pyridine rings is 3. The average molecular weight is 346 g/mol. The molecule has 6 heteroatoms. The maximum absolute atomic E-state index is 5.99. The van der Waals surface area contributed by atoms with E-state index < -0.39 is 0 Å². The largest absolute Gasteiger partial charge is 0.384 e. The minimum atomic E-state index is 0.497. The maximum atomic E-state index is 5.99. The summed E-state index contributed by atoms with van der Waals surface area (Å²) in [5.41, 5.74) is 10.9. The van der Waals surface area contributed by atoms with Gasteiger partial charge in [0.1, 0.15) is 11.6 Å². The van der Waals surface area contributed by atoms with Crippen LogP contribution in [0, 0.1) is 6.92 Å². The molecular formula is C20H22N6. The van der Waals surface area contributed by atoms with Gasteiger partial charge in [-0.25, -0.2) is 9.97 Å². The van der Waals surface area contributed by atoms with E-state index in [2.05, 4.69) is 44.2 Å². The fourth-order valence-electron chi connectivity index (χ4n) is 3.22. The summed E-state index contributed by atoms with van der Waals surface area (Å²) in [5, 5.41) is 3.37. The van der Waals surface area contributed by atoms with E-state index in [9.17, 15) is 0 Å². The van der Waals surface area contributed by atoms with Crippen LogP contribution in [0.1, 0.15) is 5.56 Å². The van der Waals surface area contributed by atoms with Crippen molar-refractivity contribution < 1.29 is 0 Å². The van der Waals surface area contributed by atoms with E-state index in [1.54, 1.807) is 0 Å². The molecule has 1 fully saturated rings. The van der Waals surface area contributed by atoms with Crippen LogP contribution in [0.5, 0.6) is 0 Å². The van der Waals surface area contributed by atoms with Crippen molar-refractivity contribution in [2.45, 2.75) is 6.92 Å². The van der Waals surface area contributed by atoms with Crippen molar-refractivity contribution in [1.29, 1.82) is 0 Å². The van der Waals surface area contributed by atoms with Crippen molar-refractivity contribution in [2.24, 2.45) is 0 Å². The average Bonchev–Trinajstić information content (AvgIpc) is 2.69. The van der Waals surface area contributed by atoms with Crippen LogP contribution in [-0.4, -0.2) is 41.1 Å². The van der Waals surface area contributed by atoms with Gasteiger partial charge in [0.2, 0.25) is 0 Å². The normalized spacial score (nSPS) is 14.4. The Bertz CT molecular complexity index is 918. The van der Waals surface area contributed by atoms with Crippen molar-refractivity contribution >= 4 is 11.6 Å². The lowest BCUT2D eigenvalue weighted by molar-refractivity contribution is 0.585. The number of aromatic nitrogens is 3. The Morgan fingerprint density at radius 3 is 2.62 bits per heavy atom. The second-order valence-corrected chi connectivity index (χ2v) is 6.49. The molecule has 1 aliphatic heterocycles. The van der Waals surface area contributed by atoms with Gasteiger partial charge in [0, 0.05) is 49.7 Å². The number of nitrogen functional groups attached to an aromatic ring is 1. The van der Waals surface area contributed by atoms with Gasteiger partial charge in [-0.1, -0.05) is 0 Å². The number of hydrogen-bond donors (Lipinski definition) is 2. The van der Waals surface area contributed by atoms with E-state index in [0.29, 0.717) is 5.82 Å². The summed E-state index contributed by atoms with van der Waals surface area (Å²) in [6.45, 7) is 5.91. The summed E-state index contributed by atoms with van der Waals surface area (Å²) >= 11 is 0. The number of aryl methyl sites for hydroxylation is 1. The zero-order chi connectivity index (χ0) is 17.9. The second kappa shape index (κ2) is 7.09. The lowest BCUT2D eigenvalue weighted by Gasteiger charge is -2.28. The highest BCUT2D eigenvalue weighted by molar-refractivity contribution is 5.81. The van der Waals surface area contributed by atoms with Crippen molar-refractivity contribution in [1.82, 2.24) is 20.3 Å². The van der Waals surface area contributed by atoms with E-state index >= 15 is 0 Å². The van der Waals surface area contributed by atoms with Crippen molar-refractivity contribution in [2.75, 3.05) is 36.8 Å². The molecule has 0 unspecified atom stereocenters. The zero-order valence-electron chi connectivity index (χ0n) is 14.8.